The van der Waals surface area contributed by atoms with Gasteiger partial charge in [-0.2, -0.15) is 0 Å². The summed E-state index contributed by atoms with van der Waals surface area (Å²) >= 11 is 0. The van der Waals surface area contributed by atoms with E-state index < -0.39 is 0 Å². The number of carbonyl (C=O) groups excluding carboxylic acids is 1. The van der Waals surface area contributed by atoms with E-state index >= 15 is 0 Å². The Morgan fingerprint density at radius 3 is 2.56 bits per heavy atom. The highest BCUT2D eigenvalue weighted by Crippen LogP contribution is 2.32. The van der Waals surface area contributed by atoms with Crippen molar-refractivity contribution >= 4 is 17.1 Å². The maximum atomic E-state index is 12.9. The van der Waals surface area contributed by atoms with Gasteiger partial charge < -0.3 is 19.1 Å². The molecule has 1 fully saturated rings. The molecule has 2 aliphatic heterocycles. The molecule has 1 amide bonds. The van der Waals surface area contributed by atoms with Crippen molar-refractivity contribution in [1.82, 2.24) is 24.3 Å². The Hall–Kier alpha value is -3.55. The summed E-state index contributed by atoms with van der Waals surface area (Å²) < 4.78 is 7.39. The van der Waals surface area contributed by atoms with E-state index in [1.54, 1.807) is 0 Å². The summed E-state index contributed by atoms with van der Waals surface area (Å²) in [5.74, 6) is 0.0540. The molecule has 6 rings (SSSR count). The zero-order chi connectivity index (χ0) is 24.8. The molecule has 1 saturated heterocycles. The molecule has 0 saturated carbocycles. The first-order chi connectivity index (χ1) is 17.5. The third kappa shape index (κ3) is 4.08. The number of ether oxygens (including phenoxy) is 1. The lowest BCUT2D eigenvalue weighted by Crippen LogP contribution is -2.40. The van der Waals surface area contributed by atoms with Crippen molar-refractivity contribution in [2.24, 2.45) is 7.05 Å². The van der Waals surface area contributed by atoms with Crippen LogP contribution in [0, 0.1) is 6.92 Å². The summed E-state index contributed by atoms with van der Waals surface area (Å²) in [6, 6.07) is 12.4. The Morgan fingerprint density at radius 1 is 1.00 bits per heavy atom. The normalized spacial score (nSPS) is 16.4. The fourth-order valence-corrected chi connectivity index (χ4v) is 5.44. The van der Waals surface area contributed by atoms with Gasteiger partial charge >= 0.3 is 0 Å². The largest absolute Gasteiger partial charge is 0.378 e. The zero-order valence-electron chi connectivity index (χ0n) is 21.1. The Morgan fingerprint density at radius 2 is 1.78 bits per heavy atom. The number of nitrogens with zero attached hydrogens (tertiary/aromatic N) is 5. The first kappa shape index (κ1) is 22.9. The third-order valence-electron chi connectivity index (χ3n) is 7.45. The van der Waals surface area contributed by atoms with E-state index in [0.29, 0.717) is 31.9 Å². The molecular weight excluding hydrogens is 450 g/mol. The molecule has 2 aromatic carbocycles. The molecule has 0 aliphatic carbocycles. The highest BCUT2D eigenvalue weighted by atomic mass is 16.5. The molecule has 184 valence electrons. The van der Waals surface area contributed by atoms with Crippen molar-refractivity contribution in [3.63, 3.8) is 0 Å². The lowest BCUT2D eigenvalue weighted by Gasteiger charge is -2.27. The number of amides is 1. The number of aryl methyl sites for hydroxylation is 2. The summed E-state index contributed by atoms with van der Waals surface area (Å²) in [6.45, 7) is 6.74. The van der Waals surface area contributed by atoms with Crippen LogP contribution in [-0.4, -0.2) is 70.1 Å². The van der Waals surface area contributed by atoms with Crippen LogP contribution in [0.15, 0.2) is 48.8 Å². The molecule has 0 bridgehead atoms. The van der Waals surface area contributed by atoms with Gasteiger partial charge in [0, 0.05) is 56.1 Å². The lowest BCUT2D eigenvalue weighted by molar-refractivity contribution is 0.0303. The predicted molar refractivity (Wildman–Crippen MR) is 141 cm³/mol. The van der Waals surface area contributed by atoms with Crippen LogP contribution < -0.4 is 0 Å². The highest BCUT2D eigenvalue weighted by molar-refractivity contribution is 5.96. The molecular formula is C29H31N5O2. The van der Waals surface area contributed by atoms with Gasteiger partial charge in [0.2, 0.25) is 0 Å². The number of hydrogen-bond donors (Lipinski definition) is 0. The van der Waals surface area contributed by atoms with Crippen LogP contribution in [-0.2, 0) is 24.8 Å². The molecule has 2 aliphatic rings. The molecule has 0 radical (unpaired) electrons. The SMILES string of the molecule is Cc1cc(-c2cnc3c(n2)c(-c2ccc(C(=O)N4CCOCC4)cc2)cn3C)cc2c1CCN(C)C2. The fraction of sp³-hybridized carbons (Fsp3) is 0.345. The van der Waals surface area contributed by atoms with Gasteiger partial charge in [-0.05, 0) is 66.9 Å². The number of aromatic nitrogens is 3. The molecule has 0 spiro atoms. The summed E-state index contributed by atoms with van der Waals surface area (Å²) in [5, 5.41) is 0. The summed E-state index contributed by atoms with van der Waals surface area (Å²) in [6.07, 6.45) is 5.04. The number of fused-ring (bicyclic) bond motifs is 2. The van der Waals surface area contributed by atoms with Crippen LogP contribution in [0.1, 0.15) is 27.0 Å². The van der Waals surface area contributed by atoms with Crippen LogP contribution in [0.3, 0.4) is 0 Å². The van der Waals surface area contributed by atoms with E-state index in [1.165, 1.54) is 16.7 Å². The van der Waals surface area contributed by atoms with E-state index in [9.17, 15) is 4.79 Å². The minimum Gasteiger partial charge on any atom is -0.378 e. The van der Waals surface area contributed by atoms with Crippen LogP contribution in [0.4, 0.5) is 0 Å². The Balaban J connectivity index is 1.36. The number of benzene rings is 2. The maximum Gasteiger partial charge on any atom is 0.254 e. The van der Waals surface area contributed by atoms with Gasteiger partial charge in [-0.15, -0.1) is 0 Å². The quantitative estimate of drug-likeness (QED) is 0.441. The lowest BCUT2D eigenvalue weighted by atomic mass is 9.92. The van der Waals surface area contributed by atoms with Gasteiger partial charge in [0.15, 0.2) is 5.65 Å². The first-order valence-corrected chi connectivity index (χ1v) is 12.6. The standard InChI is InChI=1S/C29H31N5O2/c1-19-14-22(15-23-17-32(2)9-8-24(19)23)26-16-30-28-27(31-26)25(18-33(28)3)20-4-6-21(7-5-20)29(35)34-10-12-36-13-11-34/h4-7,14-16,18H,8-13,17H2,1-3H3. The number of carbonyl (C=O) groups is 1. The second-order valence-electron chi connectivity index (χ2n) is 9.98. The Bertz CT molecular complexity index is 1450. The van der Waals surface area contributed by atoms with Gasteiger partial charge in [-0.1, -0.05) is 12.1 Å². The van der Waals surface area contributed by atoms with E-state index in [1.807, 2.05) is 47.0 Å². The molecule has 0 atom stereocenters. The number of hydrogen-bond acceptors (Lipinski definition) is 5. The van der Waals surface area contributed by atoms with Crippen molar-refractivity contribution in [3.8, 4) is 22.4 Å². The summed E-state index contributed by atoms with van der Waals surface area (Å²) in [4.78, 5) is 27.0. The van der Waals surface area contributed by atoms with Crippen LogP contribution in [0.2, 0.25) is 0 Å². The first-order valence-electron chi connectivity index (χ1n) is 12.6. The molecule has 4 heterocycles. The molecule has 2 aromatic heterocycles. The zero-order valence-corrected chi connectivity index (χ0v) is 21.1. The highest BCUT2D eigenvalue weighted by Gasteiger charge is 2.20. The van der Waals surface area contributed by atoms with Crippen molar-refractivity contribution in [3.05, 3.63) is 71.0 Å². The topological polar surface area (TPSA) is 63.5 Å². The van der Waals surface area contributed by atoms with E-state index in [-0.39, 0.29) is 5.91 Å². The minimum absolute atomic E-state index is 0.0540. The van der Waals surface area contributed by atoms with Crippen molar-refractivity contribution in [1.29, 1.82) is 0 Å². The molecule has 4 aromatic rings. The van der Waals surface area contributed by atoms with Crippen LogP contribution in [0.25, 0.3) is 33.5 Å². The molecule has 0 unspecified atom stereocenters. The van der Waals surface area contributed by atoms with Gasteiger partial charge in [0.1, 0.15) is 5.52 Å². The van der Waals surface area contributed by atoms with Crippen LogP contribution >= 0.6 is 0 Å². The number of morpholine rings is 1. The van der Waals surface area contributed by atoms with Crippen molar-refractivity contribution in [2.75, 3.05) is 39.9 Å². The molecule has 0 N–H and O–H groups in total. The van der Waals surface area contributed by atoms with Gasteiger partial charge in [0.25, 0.3) is 5.91 Å². The second kappa shape index (κ2) is 9.15. The van der Waals surface area contributed by atoms with Crippen molar-refractivity contribution in [2.45, 2.75) is 19.9 Å². The van der Waals surface area contributed by atoms with Crippen molar-refractivity contribution < 1.29 is 9.53 Å². The Kier molecular flexibility index (Phi) is 5.82. The average molecular weight is 482 g/mol. The third-order valence-corrected chi connectivity index (χ3v) is 7.45. The average Bonchev–Trinajstić information content (AvgIpc) is 3.24. The molecule has 36 heavy (non-hydrogen) atoms. The summed E-state index contributed by atoms with van der Waals surface area (Å²) in [5.41, 5.74) is 10.6. The Labute approximate surface area is 211 Å². The fourth-order valence-electron chi connectivity index (χ4n) is 5.44. The summed E-state index contributed by atoms with van der Waals surface area (Å²) in [7, 11) is 4.17. The van der Waals surface area contributed by atoms with Gasteiger partial charge in [0.05, 0.1) is 25.1 Å². The minimum atomic E-state index is 0.0540. The van der Waals surface area contributed by atoms with E-state index in [2.05, 4.69) is 37.2 Å². The second-order valence-corrected chi connectivity index (χ2v) is 9.98. The number of rotatable bonds is 3. The van der Waals surface area contributed by atoms with E-state index in [0.717, 1.165) is 53.1 Å². The smallest absolute Gasteiger partial charge is 0.254 e. The molecule has 7 heteroatoms. The van der Waals surface area contributed by atoms with E-state index in [4.69, 9.17) is 14.7 Å². The predicted octanol–water partition coefficient (Wildman–Crippen LogP) is 4.07. The van der Waals surface area contributed by atoms with Crippen LogP contribution in [0.5, 0.6) is 0 Å². The maximum absolute atomic E-state index is 12.9. The molecule has 7 nitrogen and oxygen atoms in total. The van der Waals surface area contributed by atoms with Gasteiger partial charge in [-0.25, -0.2) is 9.97 Å². The van der Waals surface area contributed by atoms with Gasteiger partial charge in [-0.3, -0.25) is 4.79 Å². The number of likely N-dealkylation sites (N-methyl/N-ethyl adjacent to an activating group) is 1. The monoisotopic (exact) mass is 481 g/mol.